The largest absolute Gasteiger partial charge is 0.388 e. The summed E-state index contributed by atoms with van der Waals surface area (Å²) in [5.41, 5.74) is 0.542. The van der Waals surface area contributed by atoms with E-state index in [2.05, 4.69) is 0 Å². The van der Waals surface area contributed by atoms with Crippen LogP contribution < -0.4 is 0 Å². The van der Waals surface area contributed by atoms with E-state index in [4.69, 9.17) is 5.26 Å². The van der Waals surface area contributed by atoms with Gasteiger partial charge in [-0.1, -0.05) is 33.3 Å². The van der Waals surface area contributed by atoms with Crippen molar-refractivity contribution < 1.29 is 9.50 Å². The Balaban J connectivity index is 0.00000106. The van der Waals surface area contributed by atoms with Crippen molar-refractivity contribution in [1.29, 1.82) is 5.26 Å². The molecule has 16 heavy (non-hydrogen) atoms. The monoisotopic (exact) mass is 223 g/mol. The van der Waals surface area contributed by atoms with Crippen molar-refractivity contribution in [2.75, 3.05) is 0 Å². The third-order valence-electron chi connectivity index (χ3n) is 2.05. The van der Waals surface area contributed by atoms with E-state index >= 15 is 0 Å². The zero-order chi connectivity index (χ0) is 12.6. The molecule has 0 radical (unpaired) electrons. The van der Waals surface area contributed by atoms with E-state index in [1.165, 1.54) is 12.1 Å². The van der Waals surface area contributed by atoms with Gasteiger partial charge in [0.15, 0.2) is 0 Å². The minimum Gasteiger partial charge on any atom is -0.388 e. The number of halogens is 1. The highest BCUT2D eigenvalue weighted by molar-refractivity contribution is 5.33. The summed E-state index contributed by atoms with van der Waals surface area (Å²) in [4.78, 5) is 0. The molecule has 1 atom stereocenters. The molecule has 0 heterocycles. The summed E-state index contributed by atoms with van der Waals surface area (Å²) in [5.74, 6) is -0.509. The molecule has 0 bridgehead atoms. The number of aliphatic hydroxyl groups excluding tert-OH is 1. The van der Waals surface area contributed by atoms with Crippen molar-refractivity contribution in [1.82, 2.24) is 0 Å². The lowest BCUT2D eigenvalue weighted by molar-refractivity contribution is 0.162. The lowest BCUT2D eigenvalue weighted by atomic mass is 10.0. The molecule has 0 aliphatic carbocycles. The minimum absolute atomic E-state index is 0.269. The van der Waals surface area contributed by atoms with Crippen molar-refractivity contribution in [3.63, 3.8) is 0 Å². The lowest BCUT2D eigenvalue weighted by Gasteiger charge is -2.10. The van der Waals surface area contributed by atoms with Crippen molar-refractivity contribution in [2.45, 2.75) is 39.7 Å². The number of benzene rings is 1. The molecule has 0 aliphatic heterocycles. The first kappa shape index (κ1) is 14.6. The maximum absolute atomic E-state index is 13.3. The second-order valence-electron chi connectivity index (χ2n) is 3.15. The normalized spacial score (nSPS) is 11.0. The highest BCUT2D eigenvalue weighted by atomic mass is 19.1. The van der Waals surface area contributed by atoms with E-state index in [0.717, 1.165) is 12.5 Å². The van der Waals surface area contributed by atoms with Crippen LogP contribution in [0.25, 0.3) is 0 Å². The maximum Gasteiger partial charge on any atom is 0.130 e. The van der Waals surface area contributed by atoms with Crippen LogP contribution in [0.5, 0.6) is 0 Å². The van der Waals surface area contributed by atoms with E-state index in [1.807, 2.05) is 26.8 Å². The van der Waals surface area contributed by atoms with Crippen LogP contribution >= 0.6 is 0 Å². The van der Waals surface area contributed by atoms with Gasteiger partial charge in [0.05, 0.1) is 17.7 Å². The number of nitrogens with zero attached hydrogens (tertiary/aromatic N) is 1. The molecule has 0 saturated heterocycles. The molecule has 0 aliphatic rings. The Morgan fingerprint density at radius 2 is 2.06 bits per heavy atom. The van der Waals surface area contributed by atoms with Crippen LogP contribution in [0.1, 0.15) is 50.8 Å². The van der Waals surface area contributed by atoms with E-state index < -0.39 is 11.9 Å². The molecule has 2 nitrogen and oxygen atoms in total. The van der Waals surface area contributed by atoms with Gasteiger partial charge in [0.25, 0.3) is 0 Å². The smallest absolute Gasteiger partial charge is 0.130 e. The average Bonchev–Trinajstić information content (AvgIpc) is 2.31. The third-order valence-corrected chi connectivity index (χ3v) is 2.05. The first-order chi connectivity index (χ1) is 7.69. The third kappa shape index (κ3) is 4.00. The van der Waals surface area contributed by atoms with Crippen LogP contribution in [0.2, 0.25) is 0 Å². The van der Waals surface area contributed by atoms with Crippen molar-refractivity contribution in [3.05, 3.63) is 35.1 Å². The molecule has 1 unspecified atom stereocenters. The summed E-state index contributed by atoms with van der Waals surface area (Å²) in [5, 5.41) is 18.1. The molecule has 1 aromatic rings. The Labute approximate surface area is 96.3 Å². The van der Waals surface area contributed by atoms with Gasteiger partial charge in [-0.3, -0.25) is 0 Å². The predicted molar refractivity (Wildman–Crippen MR) is 62.3 cm³/mol. The summed E-state index contributed by atoms with van der Waals surface area (Å²) in [6.45, 7) is 5.92. The lowest BCUT2D eigenvalue weighted by Crippen LogP contribution is -2.00. The van der Waals surface area contributed by atoms with Gasteiger partial charge < -0.3 is 5.11 Å². The summed E-state index contributed by atoms with van der Waals surface area (Å²) in [7, 11) is 0. The molecular weight excluding hydrogens is 205 g/mol. The Hall–Kier alpha value is -1.40. The van der Waals surface area contributed by atoms with E-state index in [-0.39, 0.29) is 11.1 Å². The van der Waals surface area contributed by atoms with E-state index in [0.29, 0.717) is 6.42 Å². The van der Waals surface area contributed by atoms with Crippen LogP contribution in [-0.4, -0.2) is 5.11 Å². The molecule has 88 valence electrons. The first-order valence-electron chi connectivity index (χ1n) is 5.56. The molecule has 1 N–H and O–H groups in total. The molecule has 0 spiro atoms. The second-order valence-corrected chi connectivity index (χ2v) is 3.15. The van der Waals surface area contributed by atoms with Crippen LogP contribution in [0.4, 0.5) is 4.39 Å². The fourth-order valence-electron chi connectivity index (χ4n) is 1.30. The number of hydrogen-bond donors (Lipinski definition) is 1. The Morgan fingerprint density at radius 1 is 1.44 bits per heavy atom. The van der Waals surface area contributed by atoms with Gasteiger partial charge in [-0.15, -0.1) is 0 Å². The van der Waals surface area contributed by atoms with Gasteiger partial charge in [-0.2, -0.15) is 5.26 Å². The van der Waals surface area contributed by atoms with Crippen LogP contribution in [0.15, 0.2) is 18.2 Å². The fraction of sp³-hybridized carbons (Fsp3) is 0.462. The maximum atomic E-state index is 13.3. The van der Waals surface area contributed by atoms with Gasteiger partial charge in [0, 0.05) is 5.56 Å². The summed E-state index contributed by atoms with van der Waals surface area (Å²) in [6.07, 6.45) is 0.552. The molecule has 1 rings (SSSR count). The number of rotatable bonds is 3. The minimum atomic E-state index is -0.771. The SMILES string of the molecule is CC.CCCC(O)c1ccc(C#N)cc1F. The Kier molecular flexibility index (Phi) is 7.15. The Morgan fingerprint density at radius 3 is 2.50 bits per heavy atom. The van der Waals surface area contributed by atoms with Crippen LogP contribution in [0.3, 0.4) is 0 Å². The molecular formula is C13H18FNO. The Bertz CT molecular complexity index is 357. The van der Waals surface area contributed by atoms with Gasteiger partial charge >= 0.3 is 0 Å². The van der Waals surface area contributed by atoms with Gasteiger partial charge in [0.2, 0.25) is 0 Å². The molecule has 3 heteroatoms. The highest BCUT2D eigenvalue weighted by Crippen LogP contribution is 2.21. The molecule has 0 fully saturated rings. The van der Waals surface area contributed by atoms with Crippen molar-refractivity contribution >= 4 is 0 Å². The fourth-order valence-corrected chi connectivity index (χ4v) is 1.30. The number of aliphatic hydroxyl groups is 1. The zero-order valence-corrected chi connectivity index (χ0v) is 10.00. The number of nitriles is 1. The molecule has 0 saturated carbocycles. The van der Waals surface area contributed by atoms with Gasteiger partial charge in [0.1, 0.15) is 5.82 Å². The number of hydrogen-bond acceptors (Lipinski definition) is 2. The van der Waals surface area contributed by atoms with E-state index in [1.54, 1.807) is 0 Å². The summed E-state index contributed by atoms with van der Waals surface area (Å²) in [6, 6.07) is 5.97. The predicted octanol–water partition coefficient (Wildman–Crippen LogP) is 3.56. The quantitative estimate of drug-likeness (QED) is 0.851. The van der Waals surface area contributed by atoms with Crippen molar-refractivity contribution in [2.24, 2.45) is 0 Å². The van der Waals surface area contributed by atoms with Crippen LogP contribution in [0, 0.1) is 17.1 Å². The summed E-state index contributed by atoms with van der Waals surface area (Å²) < 4.78 is 13.3. The second kappa shape index (κ2) is 7.84. The molecule has 1 aromatic carbocycles. The molecule has 0 amide bonds. The van der Waals surface area contributed by atoms with Crippen LogP contribution in [-0.2, 0) is 0 Å². The highest BCUT2D eigenvalue weighted by Gasteiger charge is 2.11. The standard InChI is InChI=1S/C11H12FNO.C2H6/c1-2-3-11(14)9-5-4-8(7-13)6-10(9)12;1-2/h4-6,11,14H,2-3H2,1H3;1-2H3. The molecule has 0 aromatic heterocycles. The first-order valence-corrected chi connectivity index (χ1v) is 5.56. The van der Waals surface area contributed by atoms with Crippen molar-refractivity contribution in [3.8, 4) is 6.07 Å². The van der Waals surface area contributed by atoms with E-state index in [9.17, 15) is 9.50 Å². The zero-order valence-electron chi connectivity index (χ0n) is 10.00. The van der Waals surface area contributed by atoms with Gasteiger partial charge in [-0.05, 0) is 18.6 Å². The van der Waals surface area contributed by atoms with Gasteiger partial charge in [-0.25, -0.2) is 4.39 Å². The topological polar surface area (TPSA) is 44.0 Å². The average molecular weight is 223 g/mol. The summed E-state index contributed by atoms with van der Waals surface area (Å²) >= 11 is 0.